The van der Waals surface area contributed by atoms with E-state index in [0.717, 1.165) is 43.5 Å². The molecule has 3 rings (SSSR count). The van der Waals surface area contributed by atoms with Crippen LogP contribution in [0, 0.1) is 5.41 Å². The maximum atomic E-state index is 12.2. The first-order valence-electron chi connectivity index (χ1n) is 10.2. The summed E-state index contributed by atoms with van der Waals surface area (Å²) in [5, 5.41) is 6.74. The number of halogens is 1. The van der Waals surface area contributed by atoms with E-state index < -0.39 is 0 Å². The SMILES string of the molecule is CCNC(=NCC1(CC)CCC1)NCCCN1C(=O)COc2ccccc21.I. The van der Waals surface area contributed by atoms with Crippen LogP contribution in [-0.4, -0.2) is 44.7 Å². The number of amides is 1. The highest BCUT2D eigenvalue weighted by Gasteiger charge is 2.34. The molecule has 156 valence electrons. The van der Waals surface area contributed by atoms with Crippen molar-refractivity contribution in [2.45, 2.75) is 46.0 Å². The van der Waals surface area contributed by atoms with Crippen LogP contribution in [0.3, 0.4) is 0 Å². The van der Waals surface area contributed by atoms with Crippen LogP contribution in [0.1, 0.15) is 46.0 Å². The molecule has 0 bridgehead atoms. The second-order valence-corrected chi connectivity index (χ2v) is 7.48. The predicted octanol–water partition coefficient (Wildman–Crippen LogP) is 3.56. The third kappa shape index (κ3) is 5.52. The number of rotatable bonds is 8. The Balaban J connectivity index is 0.00000280. The Morgan fingerprint density at radius 3 is 2.71 bits per heavy atom. The van der Waals surface area contributed by atoms with Gasteiger partial charge in [-0.25, -0.2) is 0 Å². The van der Waals surface area contributed by atoms with E-state index in [4.69, 9.17) is 9.73 Å². The van der Waals surface area contributed by atoms with Crippen LogP contribution in [0.25, 0.3) is 0 Å². The molecule has 28 heavy (non-hydrogen) atoms. The van der Waals surface area contributed by atoms with Crippen LogP contribution < -0.4 is 20.3 Å². The molecule has 1 aromatic rings. The summed E-state index contributed by atoms with van der Waals surface area (Å²) in [6, 6.07) is 7.71. The summed E-state index contributed by atoms with van der Waals surface area (Å²) < 4.78 is 5.50. The Bertz CT molecular complexity index is 671. The van der Waals surface area contributed by atoms with Gasteiger partial charge in [-0.3, -0.25) is 9.79 Å². The molecule has 1 saturated carbocycles. The molecule has 0 aromatic heterocycles. The van der Waals surface area contributed by atoms with E-state index in [0.29, 0.717) is 12.0 Å². The maximum Gasteiger partial charge on any atom is 0.265 e. The number of nitrogens with zero attached hydrogens (tertiary/aromatic N) is 2. The van der Waals surface area contributed by atoms with E-state index in [1.165, 1.54) is 25.7 Å². The van der Waals surface area contributed by atoms with Crippen LogP contribution in [0.2, 0.25) is 0 Å². The highest BCUT2D eigenvalue weighted by molar-refractivity contribution is 14.0. The van der Waals surface area contributed by atoms with Crippen molar-refractivity contribution >= 4 is 41.5 Å². The van der Waals surface area contributed by atoms with Gasteiger partial charge in [0.15, 0.2) is 12.6 Å². The van der Waals surface area contributed by atoms with Crippen molar-refractivity contribution in [1.82, 2.24) is 10.6 Å². The summed E-state index contributed by atoms with van der Waals surface area (Å²) in [7, 11) is 0. The zero-order valence-electron chi connectivity index (χ0n) is 17.0. The van der Waals surface area contributed by atoms with Crippen molar-refractivity contribution in [3.63, 3.8) is 0 Å². The molecular weight excluding hydrogens is 467 g/mol. The average Bonchev–Trinajstić information content (AvgIpc) is 2.66. The van der Waals surface area contributed by atoms with E-state index in [1.807, 2.05) is 29.2 Å². The molecule has 0 spiro atoms. The number of hydrogen-bond donors (Lipinski definition) is 2. The van der Waals surface area contributed by atoms with E-state index in [1.54, 1.807) is 0 Å². The minimum absolute atomic E-state index is 0. The van der Waals surface area contributed by atoms with Gasteiger partial charge >= 0.3 is 0 Å². The topological polar surface area (TPSA) is 66.0 Å². The van der Waals surface area contributed by atoms with Crippen molar-refractivity contribution in [1.29, 1.82) is 0 Å². The minimum Gasteiger partial charge on any atom is -0.482 e. The molecule has 1 aromatic carbocycles. The first kappa shape index (κ1) is 22.8. The number of hydrogen-bond acceptors (Lipinski definition) is 3. The lowest BCUT2D eigenvalue weighted by molar-refractivity contribution is -0.121. The molecule has 2 aliphatic rings. The molecule has 2 N–H and O–H groups in total. The zero-order valence-corrected chi connectivity index (χ0v) is 19.3. The number of guanidine groups is 1. The molecule has 1 heterocycles. The summed E-state index contributed by atoms with van der Waals surface area (Å²) in [6.45, 7) is 7.66. The lowest BCUT2D eigenvalue weighted by atomic mass is 9.67. The van der Waals surface area contributed by atoms with Crippen LogP contribution in [-0.2, 0) is 4.79 Å². The second-order valence-electron chi connectivity index (χ2n) is 7.48. The van der Waals surface area contributed by atoms with Crippen molar-refractivity contribution in [2.75, 3.05) is 37.7 Å². The Hall–Kier alpha value is -1.51. The number of anilines is 1. The maximum absolute atomic E-state index is 12.2. The Kier molecular flexibility index (Phi) is 8.85. The fraction of sp³-hybridized carbons (Fsp3) is 0.619. The molecule has 6 nitrogen and oxygen atoms in total. The van der Waals surface area contributed by atoms with Gasteiger partial charge in [0.2, 0.25) is 0 Å². The molecule has 1 amide bonds. The third-order valence-electron chi connectivity index (χ3n) is 5.74. The quantitative estimate of drug-likeness (QED) is 0.248. The van der Waals surface area contributed by atoms with Gasteiger partial charge in [0.1, 0.15) is 5.75 Å². The monoisotopic (exact) mass is 500 g/mol. The molecule has 1 aliphatic carbocycles. The number of aliphatic imine (C=N–C) groups is 1. The largest absolute Gasteiger partial charge is 0.482 e. The van der Waals surface area contributed by atoms with E-state index >= 15 is 0 Å². The van der Waals surface area contributed by atoms with Gasteiger partial charge in [-0.2, -0.15) is 0 Å². The first-order valence-corrected chi connectivity index (χ1v) is 10.2. The molecule has 7 heteroatoms. The summed E-state index contributed by atoms with van der Waals surface area (Å²) in [4.78, 5) is 18.8. The molecular formula is C21H33IN4O2. The molecule has 0 radical (unpaired) electrons. The Morgan fingerprint density at radius 2 is 2.04 bits per heavy atom. The normalized spacial score (nSPS) is 17.7. The number of carbonyl (C=O) groups is 1. The average molecular weight is 500 g/mol. The molecule has 0 saturated heterocycles. The number of para-hydroxylation sites is 2. The summed E-state index contributed by atoms with van der Waals surface area (Å²) in [5.41, 5.74) is 1.29. The minimum atomic E-state index is 0. The van der Waals surface area contributed by atoms with Gasteiger partial charge in [0.05, 0.1) is 5.69 Å². The second kappa shape index (κ2) is 10.9. The number of ether oxygens (including phenoxy) is 1. The Morgan fingerprint density at radius 1 is 1.25 bits per heavy atom. The lowest BCUT2D eigenvalue weighted by Crippen LogP contribution is -2.42. The third-order valence-corrected chi connectivity index (χ3v) is 5.74. The zero-order chi connectivity index (χ0) is 19.1. The highest BCUT2D eigenvalue weighted by atomic mass is 127. The Labute approximate surface area is 185 Å². The van der Waals surface area contributed by atoms with Crippen molar-refractivity contribution in [2.24, 2.45) is 10.4 Å². The van der Waals surface area contributed by atoms with E-state index in [2.05, 4.69) is 24.5 Å². The van der Waals surface area contributed by atoms with Crippen LogP contribution in [0.4, 0.5) is 5.69 Å². The van der Waals surface area contributed by atoms with E-state index in [9.17, 15) is 4.79 Å². The fourth-order valence-electron chi connectivity index (χ4n) is 3.73. The van der Waals surface area contributed by atoms with Gasteiger partial charge in [0, 0.05) is 26.2 Å². The first-order chi connectivity index (χ1) is 13.2. The van der Waals surface area contributed by atoms with Gasteiger partial charge in [-0.15, -0.1) is 24.0 Å². The lowest BCUT2D eigenvalue weighted by Gasteiger charge is -2.40. The highest BCUT2D eigenvalue weighted by Crippen LogP contribution is 2.43. The van der Waals surface area contributed by atoms with Gasteiger partial charge in [-0.05, 0) is 50.2 Å². The summed E-state index contributed by atoms with van der Waals surface area (Å²) >= 11 is 0. The fourth-order valence-corrected chi connectivity index (χ4v) is 3.73. The summed E-state index contributed by atoms with van der Waals surface area (Å²) in [6.07, 6.45) is 5.98. The van der Waals surface area contributed by atoms with Crippen molar-refractivity contribution < 1.29 is 9.53 Å². The van der Waals surface area contributed by atoms with Crippen LogP contribution >= 0.6 is 24.0 Å². The van der Waals surface area contributed by atoms with Crippen LogP contribution in [0.5, 0.6) is 5.75 Å². The molecule has 1 aliphatic heterocycles. The van der Waals surface area contributed by atoms with Crippen LogP contribution in [0.15, 0.2) is 29.3 Å². The number of nitrogens with one attached hydrogen (secondary N) is 2. The van der Waals surface area contributed by atoms with Gasteiger partial charge in [0.25, 0.3) is 5.91 Å². The summed E-state index contributed by atoms with van der Waals surface area (Å²) in [5.74, 6) is 1.68. The van der Waals surface area contributed by atoms with E-state index in [-0.39, 0.29) is 36.5 Å². The van der Waals surface area contributed by atoms with Crippen molar-refractivity contribution in [3.8, 4) is 5.75 Å². The number of benzene rings is 1. The number of carbonyl (C=O) groups excluding carboxylic acids is 1. The smallest absolute Gasteiger partial charge is 0.265 e. The van der Waals surface area contributed by atoms with Crippen molar-refractivity contribution in [3.05, 3.63) is 24.3 Å². The molecule has 0 unspecified atom stereocenters. The van der Waals surface area contributed by atoms with Gasteiger partial charge < -0.3 is 20.3 Å². The number of fused-ring (bicyclic) bond motifs is 1. The standard InChI is InChI=1S/C21H32N4O2.HI/c1-3-21(11-7-12-21)16-24-20(22-4-2)23-13-8-14-25-17-9-5-6-10-18(17)27-15-19(25)26;/h5-6,9-10H,3-4,7-8,11-16H2,1-2H3,(H2,22,23,24);1H. The molecule has 1 fully saturated rings. The molecule has 0 atom stereocenters. The van der Waals surface area contributed by atoms with Gasteiger partial charge in [-0.1, -0.05) is 25.5 Å². The predicted molar refractivity (Wildman–Crippen MR) is 125 cm³/mol.